The molecule has 6 heteroatoms. The van der Waals surface area contributed by atoms with Crippen LogP contribution in [-0.4, -0.2) is 29.8 Å². The highest BCUT2D eigenvalue weighted by molar-refractivity contribution is 5.70. The summed E-state index contributed by atoms with van der Waals surface area (Å²) < 4.78 is 9.80. The van der Waals surface area contributed by atoms with E-state index in [-0.39, 0.29) is 12.1 Å². The van der Waals surface area contributed by atoms with Crippen molar-refractivity contribution in [2.45, 2.75) is 6.04 Å². The predicted molar refractivity (Wildman–Crippen MR) is 105 cm³/mol. The molecule has 28 heavy (non-hydrogen) atoms. The normalized spacial score (nSPS) is 14.5. The van der Waals surface area contributed by atoms with E-state index in [4.69, 9.17) is 9.47 Å². The molecule has 4 rings (SSSR count). The van der Waals surface area contributed by atoms with Crippen molar-refractivity contribution >= 4 is 6.09 Å². The van der Waals surface area contributed by atoms with Crippen LogP contribution in [0.3, 0.4) is 0 Å². The fraction of sp³-hybridized carbons (Fsp3) is 0.136. The summed E-state index contributed by atoms with van der Waals surface area (Å²) in [6.45, 7) is 0.349. The number of alkyl carbamates (subject to hydrolysis) is 1. The third kappa shape index (κ3) is 5.58. The second-order valence-electron chi connectivity index (χ2n) is 5.78. The average Bonchev–Trinajstić information content (AvgIpc) is 3.21. The first-order valence-corrected chi connectivity index (χ1v) is 8.65. The van der Waals surface area contributed by atoms with E-state index in [1.807, 2.05) is 54.6 Å². The Morgan fingerprint density at radius 2 is 1.96 bits per heavy atom. The maximum absolute atomic E-state index is 11.0. The highest BCUT2D eigenvalue weighted by Crippen LogP contribution is 2.18. The van der Waals surface area contributed by atoms with Crippen LogP contribution in [0.15, 0.2) is 73.2 Å². The van der Waals surface area contributed by atoms with Gasteiger partial charge in [-0.25, -0.2) is 14.8 Å². The smallest absolute Gasteiger partial charge is 0.407 e. The van der Waals surface area contributed by atoms with Gasteiger partial charge in [0.25, 0.3) is 0 Å². The van der Waals surface area contributed by atoms with Crippen LogP contribution in [0, 0.1) is 11.8 Å². The second-order valence-corrected chi connectivity index (χ2v) is 5.78. The lowest BCUT2D eigenvalue weighted by molar-refractivity contribution is 0.177. The van der Waals surface area contributed by atoms with E-state index in [0.717, 1.165) is 16.9 Å². The van der Waals surface area contributed by atoms with Crippen LogP contribution in [-0.2, 0) is 4.74 Å². The number of rotatable bonds is 2. The molecule has 3 aromatic rings. The van der Waals surface area contributed by atoms with Gasteiger partial charge < -0.3 is 14.8 Å². The number of aromatic nitrogens is 2. The number of nitrogens with one attached hydrogen (secondary N) is 1. The summed E-state index contributed by atoms with van der Waals surface area (Å²) in [4.78, 5) is 18.9. The molecule has 0 saturated carbocycles. The van der Waals surface area contributed by atoms with E-state index in [1.165, 1.54) is 6.33 Å². The molecule has 1 atom stereocenters. The Kier molecular flexibility index (Phi) is 6.58. The molecule has 0 bridgehead atoms. The number of nitrogens with zero attached hydrogens (tertiary/aromatic N) is 2. The number of methoxy groups -OCH3 is 1. The zero-order valence-corrected chi connectivity index (χ0v) is 15.3. The van der Waals surface area contributed by atoms with Crippen molar-refractivity contribution < 1.29 is 14.3 Å². The number of carbonyl (C=O) groups is 1. The Bertz CT molecular complexity index is 966. The standard InChI is InChI=1S/C15H11N3O2.C7H8O/c19-15-18-14(9-20-15)12-3-1-2-11(8-12)4-5-13-6-7-16-10-17-13;1-8-7-5-3-2-4-6-7/h1-3,6-8,10,14H,9H2,(H,18,19);2-6H,1H3/t14-;/m0./s1. The summed E-state index contributed by atoms with van der Waals surface area (Å²) in [5.41, 5.74) is 2.51. The molecule has 1 aliphatic rings. The van der Waals surface area contributed by atoms with Crippen LogP contribution < -0.4 is 10.1 Å². The van der Waals surface area contributed by atoms with E-state index in [0.29, 0.717) is 12.3 Å². The first-order chi connectivity index (χ1) is 13.7. The minimum Gasteiger partial charge on any atom is -0.497 e. The van der Waals surface area contributed by atoms with Gasteiger partial charge in [-0.2, -0.15) is 0 Å². The van der Waals surface area contributed by atoms with Crippen LogP contribution in [0.2, 0.25) is 0 Å². The van der Waals surface area contributed by atoms with E-state index in [1.54, 1.807) is 19.4 Å². The molecular formula is C22H19N3O3. The van der Waals surface area contributed by atoms with E-state index >= 15 is 0 Å². The fourth-order valence-electron chi connectivity index (χ4n) is 2.45. The Hall–Kier alpha value is -3.85. The van der Waals surface area contributed by atoms with Crippen molar-refractivity contribution in [1.29, 1.82) is 0 Å². The number of amides is 1. The summed E-state index contributed by atoms with van der Waals surface area (Å²) in [7, 11) is 1.66. The van der Waals surface area contributed by atoms with Crippen LogP contribution in [0.25, 0.3) is 0 Å². The first kappa shape index (κ1) is 18.9. The molecule has 2 aromatic carbocycles. The van der Waals surface area contributed by atoms with Gasteiger partial charge in [-0.3, -0.25) is 0 Å². The minimum atomic E-state index is -0.382. The van der Waals surface area contributed by atoms with Gasteiger partial charge >= 0.3 is 6.09 Å². The predicted octanol–water partition coefficient (Wildman–Crippen LogP) is 3.35. The molecule has 1 N–H and O–H groups in total. The van der Waals surface area contributed by atoms with Crippen LogP contribution in [0.1, 0.15) is 22.9 Å². The molecule has 1 aliphatic heterocycles. The van der Waals surface area contributed by atoms with Gasteiger partial charge in [0.1, 0.15) is 24.4 Å². The maximum atomic E-state index is 11.0. The Labute approximate surface area is 163 Å². The molecule has 2 heterocycles. The van der Waals surface area contributed by atoms with Crippen molar-refractivity contribution in [2.24, 2.45) is 0 Å². The molecule has 1 saturated heterocycles. The fourth-order valence-corrected chi connectivity index (χ4v) is 2.45. The summed E-state index contributed by atoms with van der Waals surface area (Å²) in [5, 5.41) is 2.74. The number of benzene rings is 2. The highest BCUT2D eigenvalue weighted by atomic mass is 16.6. The number of hydrogen-bond donors (Lipinski definition) is 1. The molecule has 6 nitrogen and oxygen atoms in total. The lowest BCUT2D eigenvalue weighted by Gasteiger charge is -2.07. The second kappa shape index (κ2) is 9.74. The number of para-hydroxylation sites is 1. The van der Waals surface area contributed by atoms with Crippen LogP contribution in [0.5, 0.6) is 5.75 Å². The van der Waals surface area contributed by atoms with Crippen molar-refractivity contribution in [3.05, 3.63) is 90.0 Å². The van der Waals surface area contributed by atoms with E-state index in [9.17, 15) is 4.79 Å². The number of hydrogen-bond acceptors (Lipinski definition) is 5. The zero-order valence-electron chi connectivity index (χ0n) is 15.3. The Morgan fingerprint density at radius 3 is 2.61 bits per heavy atom. The zero-order chi connectivity index (χ0) is 19.6. The van der Waals surface area contributed by atoms with Gasteiger partial charge in [-0.05, 0) is 41.8 Å². The lowest BCUT2D eigenvalue weighted by atomic mass is 10.1. The minimum absolute atomic E-state index is 0.108. The summed E-state index contributed by atoms with van der Waals surface area (Å²) in [6.07, 6.45) is 2.73. The Morgan fingerprint density at radius 1 is 1.11 bits per heavy atom. The van der Waals surface area contributed by atoms with Gasteiger partial charge in [0.05, 0.1) is 13.2 Å². The van der Waals surface area contributed by atoms with Gasteiger partial charge in [0, 0.05) is 11.8 Å². The third-order valence-corrected chi connectivity index (χ3v) is 3.86. The summed E-state index contributed by atoms with van der Waals surface area (Å²) in [5.74, 6) is 6.92. The monoisotopic (exact) mass is 373 g/mol. The highest BCUT2D eigenvalue weighted by Gasteiger charge is 2.23. The molecule has 1 amide bonds. The quantitative estimate of drug-likeness (QED) is 0.698. The average molecular weight is 373 g/mol. The van der Waals surface area contributed by atoms with E-state index in [2.05, 4.69) is 27.1 Å². The van der Waals surface area contributed by atoms with E-state index < -0.39 is 0 Å². The van der Waals surface area contributed by atoms with Crippen molar-refractivity contribution in [3.8, 4) is 17.6 Å². The topological polar surface area (TPSA) is 73.3 Å². The van der Waals surface area contributed by atoms with Crippen LogP contribution in [0.4, 0.5) is 4.79 Å². The van der Waals surface area contributed by atoms with Crippen LogP contribution >= 0.6 is 0 Å². The van der Waals surface area contributed by atoms with Crippen molar-refractivity contribution in [3.63, 3.8) is 0 Å². The SMILES string of the molecule is COc1ccccc1.O=C1N[C@H](c2cccc(C#Cc3ccncn3)c2)CO1. The first-order valence-electron chi connectivity index (χ1n) is 8.65. The van der Waals surface area contributed by atoms with Gasteiger partial charge in [-0.15, -0.1) is 0 Å². The van der Waals surface area contributed by atoms with Crippen molar-refractivity contribution in [2.75, 3.05) is 13.7 Å². The Balaban J connectivity index is 0.000000236. The van der Waals surface area contributed by atoms with Gasteiger partial charge in [0.2, 0.25) is 0 Å². The molecular weight excluding hydrogens is 354 g/mol. The molecule has 0 radical (unpaired) electrons. The lowest BCUT2D eigenvalue weighted by Crippen LogP contribution is -2.18. The third-order valence-electron chi connectivity index (χ3n) is 3.86. The molecule has 0 aliphatic carbocycles. The van der Waals surface area contributed by atoms with Crippen molar-refractivity contribution in [1.82, 2.24) is 15.3 Å². The van der Waals surface area contributed by atoms with Gasteiger partial charge in [0.15, 0.2) is 0 Å². The summed E-state index contributed by atoms with van der Waals surface area (Å²) >= 11 is 0. The molecule has 0 unspecified atom stereocenters. The van der Waals surface area contributed by atoms with Gasteiger partial charge in [-0.1, -0.05) is 36.3 Å². The number of ether oxygens (including phenoxy) is 2. The number of carbonyl (C=O) groups excluding carboxylic acids is 1. The largest absolute Gasteiger partial charge is 0.497 e. The molecule has 140 valence electrons. The maximum Gasteiger partial charge on any atom is 0.407 e. The molecule has 1 aromatic heterocycles. The summed E-state index contributed by atoms with van der Waals surface area (Å²) in [6, 6.07) is 19.0. The molecule has 0 spiro atoms. The molecule has 1 fully saturated rings. The number of cyclic esters (lactones) is 1.